The van der Waals surface area contributed by atoms with E-state index in [2.05, 4.69) is 10.4 Å². The van der Waals surface area contributed by atoms with E-state index in [1.807, 2.05) is 0 Å². The molecule has 1 amide bonds. The number of nitro groups is 1. The number of non-ortho nitro benzene ring substituents is 1. The van der Waals surface area contributed by atoms with Gasteiger partial charge in [-0.2, -0.15) is 10.1 Å². The molecule has 0 atom stereocenters. The van der Waals surface area contributed by atoms with Gasteiger partial charge in [0.1, 0.15) is 23.0 Å². The van der Waals surface area contributed by atoms with Gasteiger partial charge in [0, 0.05) is 23.2 Å². The second-order valence-electron chi connectivity index (χ2n) is 6.89. The minimum absolute atomic E-state index is 0.0766. The number of carbonyl (C=O) groups is 1. The molecule has 0 saturated carbocycles. The van der Waals surface area contributed by atoms with Crippen molar-refractivity contribution in [3.63, 3.8) is 0 Å². The monoisotopic (exact) mass is 558 g/mol. The number of benzene rings is 3. The Morgan fingerprint density at radius 3 is 2.21 bits per heavy atom. The topological polar surface area (TPSA) is 97.1 Å². The van der Waals surface area contributed by atoms with Crippen LogP contribution >= 0.6 is 58.0 Å². The van der Waals surface area contributed by atoms with E-state index in [4.69, 9.17) is 62.7 Å². The summed E-state index contributed by atoms with van der Waals surface area (Å²) in [6.45, 7) is 0. The molecule has 3 aromatic carbocycles. The van der Waals surface area contributed by atoms with Crippen LogP contribution < -0.4 is 15.1 Å². The van der Waals surface area contributed by atoms with Crippen molar-refractivity contribution in [2.75, 3.05) is 10.3 Å². The SMILES string of the molecule is O=C1CC(Nc2cc(Oc3ccc([N+](=O)[O-])cc3)c(Cl)cc2Cl)=NN1c1c(Cl)cc(Cl)cc1Cl. The van der Waals surface area contributed by atoms with E-state index in [-0.39, 0.29) is 55.4 Å². The number of hydrogen-bond acceptors (Lipinski definition) is 6. The Balaban J connectivity index is 1.59. The van der Waals surface area contributed by atoms with Crippen LogP contribution in [0.1, 0.15) is 6.42 Å². The minimum atomic E-state index is -0.515. The molecule has 0 fully saturated rings. The molecule has 3 aromatic rings. The molecule has 1 heterocycles. The maximum atomic E-state index is 12.6. The van der Waals surface area contributed by atoms with Crippen molar-refractivity contribution >= 4 is 86.8 Å². The van der Waals surface area contributed by atoms with Crippen LogP contribution in [0.4, 0.5) is 17.1 Å². The standard InChI is InChI=1S/C21H11Cl5N4O4/c22-10-5-15(25)21(16(26)6-10)29-20(31)9-19(28-29)27-17-8-18(14(24)7-13(17)23)34-12-3-1-11(2-4-12)30(32)33/h1-8H,9H2,(H,27,28). The average Bonchev–Trinajstić information content (AvgIpc) is 3.11. The van der Waals surface area contributed by atoms with Gasteiger partial charge >= 0.3 is 0 Å². The molecule has 1 aliphatic heterocycles. The number of rotatable bonds is 5. The van der Waals surface area contributed by atoms with Crippen molar-refractivity contribution in [1.82, 2.24) is 0 Å². The fourth-order valence-electron chi connectivity index (χ4n) is 3.03. The largest absolute Gasteiger partial charge is 0.456 e. The maximum absolute atomic E-state index is 12.6. The molecule has 34 heavy (non-hydrogen) atoms. The Hall–Kier alpha value is -2.75. The van der Waals surface area contributed by atoms with E-state index >= 15 is 0 Å². The first-order chi connectivity index (χ1) is 16.1. The van der Waals surface area contributed by atoms with E-state index in [1.165, 1.54) is 48.5 Å². The Morgan fingerprint density at radius 1 is 0.941 bits per heavy atom. The smallest absolute Gasteiger partial charge is 0.269 e. The molecule has 174 valence electrons. The van der Waals surface area contributed by atoms with Crippen LogP contribution in [0.5, 0.6) is 11.5 Å². The zero-order chi connectivity index (χ0) is 24.6. The lowest BCUT2D eigenvalue weighted by atomic mass is 10.2. The highest BCUT2D eigenvalue weighted by atomic mass is 35.5. The normalized spacial score (nSPS) is 13.1. The second kappa shape index (κ2) is 9.85. The summed E-state index contributed by atoms with van der Waals surface area (Å²) in [5.41, 5.74) is 0.495. The number of ether oxygens (including phenoxy) is 1. The maximum Gasteiger partial charge on any atom is 0.269 e. The van der Waals surface area contributed by atoms with Crippen LogP contribution in [0.15, 0.2) is 53.6 Å². The average molecular weight is 561 g/mol. The molecule has 1 aliphatic rings. The van der Waals surface area contributed by atoms with Crippen LogP contribution in [0.2, 0.25) is 25.1 Å². The van der Waals surface area contributed by atoms with E-state index in [9.17, 15) is 14.9 Å². The predicted molar refractivity (Wildman–Crippen MR) is 134 cm³/mol. The van der Waals surface area contributed by atoms with Crippen molar-refractivity contribution < 1.29 is 14.5 Å². The van der Waals surface area contributed by atoms with Gasteiger partial charge in [-0.1, -0.05) is 58.0 Å². The number of carbonyl (C=O) groups excluding carboxylic acids is 1. The van der Waals surface area contributed by atoms with E-state index in [1.54, 1.807) is 0 Å². The third kappa shape index (κ3) is 5.16. The zero-order valence-electron chi connectivity index (χ0n) is 16.7. The summed E-state index contributed by atoms with van der Waals surface area (Å²) in [4.78, 5) is 22.9. The van der Waals surface area contributed by atoms with Crippen LogP contribution in [0.3, 0.4) is 0 Å². The van der Waals surface area contributed by atoms with E-state index in [0.29, 0.717) is 16.5 Å². The first kappa shape index (κ1) is 24.4. The van der Waals surface area contributed by atoms with Crippen molar-refractivity contribution in [1.29, 1.82) is 0 Å². The fourth-order valence-corrected chi connectivity index (χ4v) is 4.48. The number of hydrogen-bond donors (Lipinski definition) is 1. The van der Waals surface area contributed by atoms with Gasteiger partial charge in [0.15, 0.2) is 0 Å². The summed E-state index contributed by atoms with van der Waals surface area (Å²) >= 11 is 30.9. The van der Waals surface area contributed by atoms with Gasteiger partial charge in [0.25, 0.3) is 11.6 Å². The first-order valence-corrected chi connectivity index (χ1v) is 11.2. The number of nitro benzene ring substituents is 1. The molecule has 0 aliphatic carbocycles. The Labute approximate surface area is 217 Å². The van der Waals surface area contributed by atoms with Gasteiger partial charge in [-0.25, -0.2) is 0 Å². The minimum Gasteiger partial charge on any atom is -0.456 e. The summed E-state index contributed by atoms with van der Waals surface area (Å²) in [5, 5.41) is 20.3. The lowest BCUT2D eigenvalue weighted by Gasteiger charge is -2.15. The summed E-state index contributed by atoms with van der Waals surface area (Å²) in [6, 6.07) is 11.4. The fraction of sp³-hybridized carbons (Fsp3) is 0.0476. The molecule has 1 N–H and O–H groups in total. The summed E-state index contributed by atoms with van der Waals surface area (Å²) in [7, 11) is 0. The molecular weight excluding hydrogens is 550 g/mol. The molecule has 0 spiro atoms. The van der Waals surface area contributed by atoms with Gasteiger partial charge in [-0.15, -0.1) is 0 Å². The quantitative estimate of drug-likeness (QED) is 0.254. The number of amidine groups is 1. The molecule has 0 aromatic heterocycles. The molecule has 0 bridgehead atoms. The first-order valence-electron chi connectivity index (χ1n) is 9.35. The van der Waals surface area contributed by atoms with Crippen molar-refractivity contribution in [3.05, 3.63) is 83.8 Å². The van der Waals surface area contributed by atoms with Gasteiger partial charge in [-0.3, -0.25) is 14.9 Å². The van der Waals surface area contributed by atoms with Crippen LogP contribution in [0.25, 0.3) is 0 Å². The van der Waals surface area contributed by atoms with Gasteiger partial charge < -0.3 is 10.1 Å². The molecule has 8 nitrogen and oxygen atoms in total. The Morgan fingerprint density at radius 2 is 1.59 bits per heavy atom. The highest BCUT2D eigenvalue weighted by Gasteiger charge is 2.29. The number of anilines is 2. The predicted octanol–water partition coefficient (Wildman–Crippen LogP) is 7.82. The number of halogens is 5. The highest BCUT2D eigenvalue weighted by Crippen LogP contribution is 2.40. The van der Waals surface area contributed by atoms with Gasteiger partial charge in [-0.05, 0) is 30.3 Å². The number of amides is 1. The van der Waals surface area contributed by atoms with E-state index in [0.717, 1.165) is 5.01 Å². The summed E-state index contributed by atoms with van der Waals surface area (Å²) in [5.74, 6) is 0.457. The summed E-state index contributed by atoms with van der Waals surface area (Å²) < 4.78 is 5.74. The Kier molecular flexibility index (Phi) is 7.06. The number of hydrazone groups is 1. The van der Waals surface area contributed by atoms with Crippen molar-refractivity contribution in [3.8, 4) is 11.5 Å². The Bertz CT molecular complexity index is 1320. The van der Waals surface area contributed by atoms with Crippen molar-refractivity contribution in [2.45, 2.75) is 6.42 Å². The van der Waals surface area contributed by atoms with Crippen LogP contribution in [0, 0.1) is 10.1 Å². The van der Waals surface area contributed by atoms with Gasteiger partial charge in [0.2, 0.25) is 0 Å². The zero-order valence-corrected chi connectivity index (χ0v) is 20.5. The highest BCUT2D eigenvalue weighted by molar-refractivity contribution is 6.43. The summed E-state index contributed by atoms with van der Waals surface area (Å²) in [6.07, 6.45) is -0.0766. The molecule has 0 unspecified atom stereocenters. The molecule has 0 radical (unpaired) electrons. The molecule has 4 rings (SSSR count). The van der Waals surface area contributed by atoms with E-state index < -0.39 is 4.92 Å². The number of nitrogens with zero attached hydrogens (tertiary/aromatic N) is 3. The third-order valence-electron chi connectivity index (χ3n) is 4.54. The lowest BCUT2D eigenvalue weighted by Crippen LogP contribution is -2.20. The molecule has 0 saturated heterocycles. The third-order valence-corrected chi connectivity index (χ3v) is 5.95. The second-order valence-corrected chi connectivity index (χ2v) is 8.95. The molecule has 13 heteroatoms. The van der Waals surface area contributed by atoms with Crippen LogP contribution in [-0.4, -0.2) is 16.7 Å². The van der Waals surface area contributed by atoms with Gasteiger partial charge in [0.05, 0.1) is 37.1 Å². The molecular formula is C21H11Cl5N4O4. The number of nitrogens with one attached hydrogen (secondary N) is 1. The van der Waals surface area contributed by atoms with Crippen molar-refractivity contribution in [2.24, 2.45) is 5.10 Å². The van der Waals surface area contributed by atoms with Crippen LogP contribution in [-0.2, 0) is 4.79 Å². The lowest BCUT2D eigenvalue weighted by molar-refractivity contribution is -0.384.